The fourth-order valence-corrected chi connectivity index (χ4v) is 6.27. The molecule has 0 saturated heterocycles. The second kappa shape index (κ2) is 21.9. The van der Waals surface area contributed by atoms with Crippen molar-refractivity contribution in [2.75, 3.05) is 35.4 Å². The molecule has 31 heavy (non-hydrogen) atoms. The lowest BCUT2D eigenvalue weighted by molar-refractivity contribution is 0.121. The van der Waals surface area contributed by atoms with Crippen molar-refractivity contribution in [1.29, 1.82) is 0 Å². The van der Waals surface area contributed by atoms with Crippen LogP contribution in [0, 0.1) is 0 Å². The molecule has 5 heteroatoms. The topological polar surface area (TPSA) is 30.9 Å². The minimum Gasteiger partial charge on any atom is -0.377 e. The van der Waals surface area contributed by atoms with Crippen molar-refractivity contribution in [1.82, 2.24) is 4.90 Å². The zero-order valence-electron chi connectivity index (χ0n) is 22.2. The van der Waals surface area contributed by atoms with Gasteiger partial charge in [0.2, 0.25) is 0 Å². The van der Waals surface area contributed by atoms with Gasteiger partial charge in [-0.15, -0.1) is 0 Å². The van der Waals surface area contributed by atoms with Gasteiger partial charge >= 0.3 is 8.80 Å². The number of unbranched alkanes of at least 4 members (excludes halogenated alkanes) is 14. The zero-order chi connectivity index (χ0) is 23.2. The Morgan fingerprint density at radius 3 is 1.26 bits per heavy atom. The van der Waals surface area contributed by atoms with Crippen LogP contribution in [0.2, 0.25) is 6.04 Å². The van der Waals surface area contributed by atoms with E-state index in [1.165, 1.54) is 109 Å². The smallest absolute Gasteiger partial charge is 0.377 e. The predicted molar refractivity (Wildman–Crippen MR) is 138 cm³/mol. The van der Waals surface area contributed by atoms with Gasteiger partial charge in [0.05, 0.1) is 0 Å². The second-order valence-corrected chi connectivity index (χ2v) is 12.6. The molecule has 0 aliphatic heterocycles. The van der Waals surface area contributed by atoms with Crippen LogP contribution in [0.1, 0.15) is 122 Å². The summed E-state index contributed by atoms with van der Waals surface area (Å²) in [6, 6.07) is 1.55. The van der Waals surface area contributed by atoms with Gasteiger partial charge in [0.15, 0.2) is 0 Å². The first-order valence-electron chi connectivity index (χ1n) is 13.4. The van der Waals surface area contributed by atoms with Crippen molar-refractivity contribution >= 4 is 8.80 Å². The second-order valence-electron chi connectivity index (χ2n) is 9.54. The summed E-state index contributed by atoms with van der Waals surface area (Å²) in [5.41, 5.74) is 0. The highest BCUT2D eigenvalue weighted by molar-refractivity contribution is 6.60. The fraction of sp³-hybridized carbons (Fsp3) is 1.00. The molecule has 1 unspecified atom stereocenters. The molecule has 0 rings (SSSR count). The highest BCUT2D eigenvalue weighted by Gasteiger charge is 2.37. The standard InChI is InChI=1S/C26H57NO3Si/c1-7-8-9-10-11-12-13-14-15-16-17-18-19-20-21-23-26(27(2)3)24-22-25-31(28-4,29-5)30-6/h26H,7-25H2,1-6H3. The van der Waals surface area contributed by atoms with Gasteiger partial charge in [-0.25, -0.2) is 0 Å². The van der Waals surface area contributed by atoms with Gasteiger partial charge in [0.25, 0.3) is 0 Å². The van der Waals surface area contributed by atoms with E-state index < -0.39 is 8.80 Å². The molecule has 0 bridgehead atoms. The first-order valence-corrected chi connectivity index (χ1v) is 15.3. The van der Waals surface area contributed by atoms with Crippen molar-refractivity contribution < 1.29 is 13.3 Å². The normalized spacial score (nSPS) is 13.3. The summed E-state index contributed by atoms with van der Waals surface area (Å²) in [6.07, 6.45) is 25.0. The molecule has 0 saturated carbocycles. The molecule has 188 valence electrons. The largest absolute Gasteiger partial charge is 0.500 e. The van der Waals surface area contributed by atoms with Crippen LogP contribution >= 0.6 is 0 Å². The van der Waals surface area contributed by atoms with Crippen LogP contribution in [0.25, 0.3) is 0 Å². The summed E-state index contributed by atoms with van der Waals surface area (Å²) in [7, 11) is 7.13. The Morgan fingerprint density at radius 1 is 0.548 bits per heavy atom. The maximum atomic E-state index is 5.55. The van der Waals surface area contributed by atoms with E-state index >= 15 is 0 Å². The van der Waals surface area contributed by atoms with Crippen LogP contribution in [0.3, 0.4) is 0 Å². The summed E-state index contributed by atoms with van der Waals surface area (Å²) in [5, 5.41) is 0. The van der Waals surface area contributed by atoms with Crippen molar-refractivity contribution in [2.24, 2.45) is 0 Å². The molecule has 0 aliphatic rings. The monoisotopic (exact) mass is 459 g/mol. The maximum Gasteiger partial charge on any atom is 0.500 e. The van der Waals surface area contributed by atoms with Crippen molar-refractivity contribution in [3.8, 4) is 0 Å². The summed E-state index contributed by atoms with van der Waals surface area (Å²) in [4.78, 5) is 2.39. The van der Waals surface area contributed by atoms with Crippen LogP contribution in [0.15, 0.2) is 0 Å². The van der Waals surface area contributed by atoms with Crippen LogP contribution in [-0.4, -0.2) is 55.2 Å². The lowest BCUT2D eigenvalue weighted by Gasteiger charge is -2.27. The van der Waals surface area contributed by atoms with Gasteiger partial charge in [-0.1, -0.05) is 103 Å². The van der Waals surface area contributed by atoms with Gasteiger partial charge in [0.1, 0.15) is 0 Å². The van der Waals surface area contributed by atoms with Gasteiger partial charge in [-0.2, -0.15) is 0 Å². The number of rotatable bonds is 24. The average molecular weight is 460 g/mol. The molecule has 0 aromatic carbocycles. The summed E-state index contributed by atoms with van der Waals surface area (Å²) >= 11 is 0. The maximum absolute atomic E-state index is 5.55. The van der Waals surface area contributed by atoms with Crippen LogP contribution < -0.4 is 0 Å². The predicted octanol–water partition coefficient (Wildman–Crippen LogP) is 7.84. The highest BCUT2D eigenvalue weighted by Crippen LogP contribution is 2.21. The fourth-order valence-electron chi connectivity index (χ4n) is 4.52. The lowest BCUT2D eigenvalue weighted by atomic mass is 10.0. The number of nitrogens with zero attached hydrogens (tertiary/aromatic N) is 1. The van der Waals surface area contributed by atoms with Crippen molar-refractivity contribution in [3.63, 3.8) is 0 Å². The Labute approximate surface area is 197 Å². The third-order valence-corrected chi connectivity index (χ3v) is 9.66. The van der Waals surface area contributed by atoms with Gasteiger partial charge < -0.3 is 18.2 Å². The highest BCUT2D eigenvalue weighted by atomic mass is 28.4. The zero-order valence-corrected chi connectivity index (χ0v) is 23.2. The summed E-state index contributed by atoms with van der Waals surface area (Å²) in [5.74, 6) is 0. The van der Waals surface area contributed by atoms with E-state index in [4.69, 9.17) is 13.3 Å². The Balaban J connectivity index is 3.61. The first-order chi connectivity index (χ1) is 15.0. The molecular weight excluding hydrogens is 402 g/mol. The molecule has 0 amide bonds. The van der Waals surface area contributed by atoms with Crippen molar-refractivity contribution in [3.05, 3.63) is 0 Å². The molecule has 0 aliphatic carbocycles. The number of hydrogen-bond acceptors (Lipinski definition) is 4. The molecule has 0 aromatic heterocycles. The van der Waals surface area contributed by atoms with E-state index in [1.807, 2.05) is 0 Å². The average Bonchev–Trinajstić information content (AvgIpc) is 2.78. The van der Waals surface area contributed by atoms with E-state index in [1.54, 1.807) is 21.3 Å². The van der Waals surface area contributed by atoms with Gasteiger partial charge in [0, 0.05) is 33.4 Å². The molecule has 4 nitrogen and oxygen atoms in total. The molecule has 0 aromatic rings. The summed E-state index contributed by atoms with van der Waals surface area (Å²) in [6.45, 7) is 2.29. The molecule has 0 N–H and O–H groups in total. The molecule has 0 spiro atoms. The van der Waals surface area contributed by atoms with Crippen molar-refractivity contribution in [2.45, 2.75) is 135 Å². The van der Waals surface area contributed by atoms with E-state index in [0.29, 0.717) is 6.04 Å². The number of hydrogen-bond donors (Lipinski definition) is 0. The minimum atomic E-state index is -2.41. The lowest BCUT2D eigenvalue weighted by Crippen LogP contribution is -2.43. The Kier molecular flexibility index (Phi) is 21.9. The van der Waals surface area contributed by atoms with E-state index in [-0.39, 0.29) is 0 Å². The minimum absolute atomic E-state index is 0.652. The van der Waals surface area contributed by atoms with E-state index in [2.05, 4.69) is 25.9 Å². The summed E-state index contributed by atoms with van der Waals surface area (Å²) < 4.78 is 16.6. The molecule has 0 fully saturated rings. The SMILES string of the molecule is CCCCCCCCCCCCCCCCCC(CCC[Si](OC)(OC)OC)N(C)C. The van der Waals surface area contributed by atoms with E-state index in [9.17, 15) is 0 Å². The molecule has 0 heterocycles. The van der Waals surface area contributed by atoms with Crippen LogP contribution in [0.4, 0.5) is 0 Å². The Bertz CT molecular complexity index is 356. The van der Waals surface area contributed by atoms with E-state index in [0.717, 1.165) is 12.5 Å². The van der Waals surface area contributed by atoms with Crippen LogP contribution in [0.5, 0.6) is 0 Å². The van der Waals surface area contributed by atoms with Gasteiger partial charge in [-0.3, -0.25) is 0 Å². The van der Waals surface area contributed by atoms with Crippen LogP contribution in [-0.2, 0) is 13.3 Å². The third-order valence-electron chi connectivity index (χ3n) is 6.82. The molecule has 1 atom stereocenters. The Hall–Kier alpha value is 0.0569. The third kappa shape index (κ3) is 17.2. The first kappa shape index (κ1) is 31.1. The van der Waals surface area contributed by atoms with Gasteiger partial charge in [-0.05, 0) is 33.4 Å². The Morgan fingerprint density at radius 2 is 0.903 bits per heavy atom. The molecule has 0 radical (unpaired) electrons. The quantitative estimate of drug-likeness (QED) is 0.109. The molecular formula is C26H57NO3Si.